The number of phosphoric acid groups is 1. The Morgan fingerprint density at radius 3 is 1.69 bits per heavy atom. The number of ether oxygens (including phenoxy) is 1. The molecule has 3 N–H and O–H groups in total. The molecule has 0 saturated heterocycles. The Balaban J connectivity index is 3.71. The summed E-state index contributed by atoms with van der Waals surface area (Å²) in [6, 6.07) is 0. The maximum atomic E-state index is 12.1. The van der Waals surface area contributed by atoms with Crippen LogP contribution in [0.3, 0.4) is 0 Å². The van der Waals surface area contributed by atoms with Crippen LogP contribution in [0.1, 0.15) is 149 Å². The minimum atomic E-state index is -4.43. The fourth-order valence-electron chi connectivity index (χ4n) is 4.87. The Morgan fingerprint density at radius 1 is 0.615 bits per heavy atom. The molecular weight excluding hydrogens is 677 g/mol. The summed E-state index contributed by atoms with van der Waals surface area (Å²) in [6.07, 6.45) is 45.5. The quantitative estimate of drug-likeness (QED) is 0.0250. The zero-order chi connectivity index (χ0) is 38.2. The summed E-state index contributed by atoms with van der Waals surface area (Å²) in [5, 5.41) is 12.6. The molecule has 0 radical (unpaired) electrons. The van der Waals surface area contributed by atoms with Gasteiger partial charge in [0.2, 0.25) is 5.91 Å². The average molecular weight is 750 g/mol. The van der Waals surface area contributed by atoms with Gasteiger partial charge >= 0.3 is 13.8 Å². The zero-order valence-corrected chi connectivity index (χ0v) is 33.4. The minimum Gasteiger partial charge on any atom is -0.463 e. The molecule has 0 heterocycles. The van der Waals surface area contributed by atoms with Gasteiger partial charge in [0.15, 0.2) is 0 Å². The fraction of sp³-hybridized carbons (Fsp3) is 0.667. The summed E-state index contributed by atoms with van der Waals surface area (Å²) in [6.45, 7) is 3.33. The van der Waals surface area contributed by atoms with Gasteiger partial charge in [0.1, 0.15) is 12.7 Å². The molecule has 0 saturated carbocycles. The van der Waals surface area contributed by atoms with E-state index in [2.05, 4.69) is 92.1 Å². The van der Waals surface area contributed by atoms with Crippen LogP contribution in [-0.2, 0) is 27.9 Å². The molecule has 0 aliphatic carbocycles. The van der Waals surface area contributed by atoms with Crippen LogP contribution in [0.15, 0.2) is 72.9 Å². The normalized spacial score (nSPS) is 14.2. The number of amides is 1. The topological polar surface area (TPSA) is 131 Å². The van der Waals surface area contributed by atoms with Crippen molar-refractivity contribution in [3.05, 3.63) is 72.9 Å². The van der Waals surface area contributed by atoms with E-state index >= 15 is 0 Å². The van der Waals surface area contributed by atoms with Gasteiger partial charge < -0.3 is 20.1 Å². The molecule has 0 aliphatic heterocycles. The highest BCUT2D eigenvalue weighted by Gasteiger charge is 2.23. The maximum Gasteiger partial charge on any atom is 0.472 e. The summed E-state index contributed by atoms with van der Waals surface area (Å²) in [5.74, 6) is -0.566. The van der Waals surface area contributed by atoms with E-state index in [-0.39, 0.29) is 32.1 Å². The molecule has 0 rings (SSSR count). The molecule has 9 nitrogen and oxygen atoms in total. The molecule has 10 heteroatoms. The first-order valence-corrected chi connectivity index (χ1v) is 21.4. The first kappa shape index (κ1) is 49.5. The van der Waals surface area contributed by atoms with E-state index in [0.29, 0.717) is 6.42 Å². The molecule has 0 fully saturated rings. The molecule has 0 spiro atoms. The van der Waals surface area contributed by atoms with Crippen molar-refractivity contribution in [2.75, 3.05) is 26.4 Å². The van der Waals surface area contributed by atoms with Crippen LogP contribution >= 0.6 is 7.82 Å². The second-order valence-electron chi connectivity index (χ2n) is 12.9. The van der Waals surface area contributed by atoms with Crippen molar-refractivity contribution in [1.29, 1.82) is 0 Å². The highest BCUT2D eigenvalue weighted by molar-refractivity contribution is 7.47. The van der Waals surface area contributed by atoms with Gasteiger partial charge in [-0.3, -0.25) is 18.6 Å². The van der Waals surface area contributed by atoms with Crippen LogP contribution in [0.25, 0.3) is 0 Å². The van der Waals surface area contributed by atoms with E-state index < -0.39 is 26.5 Å². The number of nitrogens with one attached hydrogen (secondary N) is 1. The third-order valence-electron chi connectivity index (χ3n) is 7.87. The number of hydrogen-bond acceptors (Lipinski definition) is 7. The van der Waals surface area contributed by atoms with Crippen molar-refractivity contribution in [1.82, 2.24) is 5.32 Å². The van der Waals surface area contributed by atoms with Gasteiger partial charge in [-0.05, 0) is 83.5 Å². The Kier molecular flexibility index (Phi) is 36.3. The third-order valence-corrected chi connectivity index (χ3v) is 8.85. The SMILES string of the molecule is CC/C=C\C/C=C\C/C=C\C/C=C\C/C=C\CCCCCC(=O)NCCOP(=O)(O)OCC(O)COC(=O)CCCCCCC/C=C\CCCCC. The summed E-state index contributed by atoms with van der Waals surface area (Å²) >= 11 is 0. The van der Waals surface area contributed by atoms with Gasteiger partial charge in [-0.1, -0.05) is 125 Å². The molecule has 0 aliphatic rings. The predicted octanol–water partition coefficient (Wildman–Crippen LogP) is 10.7. The molecule has 298 valence electrons. The molecule has 2 atom stereocenters. The van der Waals surface area contributed by atoms with Crippen molar-refractivity contribution in [3.63, 3.8) is 0 Å². The predicted molar refractivity (Wildman–Crippen MR) is 215 cm³/mol. The van der Waals surface area contributed by atoms with Crippen LogP contribution < -0.4 is 5.32 Å². The van der Waals surface area contributed by atoms with Crippen LogP contribution in [0.5, 0.6) is 0 Å². The number of esters is 1. The van der Waals surface area contributed by atoms with Crippen molar-refractivity contribution in [2.24, 2.45) is 0 Å². The number of carbonyl (C=O) groups is 2. The second kappa shape index (κ2) is 38.2. The molecule has 0 aromatic heterocycles. The van der Waals surface area contributed by atoms with Crippen molar-refractivity contribution < 1.29 is 37.9 Å². The zero-order valence-electron chi connectivity index (χ0n) is 32.5. The molecule has 0 bridgehead atoms. The monoisotopic (exact) mass is 749 g/mol. The second-order valence-corrected chi connectivity index (χ2v) is 14.3. The Hall–Kier alpha value is -2.55. The Labute approximate surface area is 316 Å². The standard InChI is InChI=1S/C42H72NO8P/c1-3-5-7-9-11-13-15-17-18-19-20-21-22-23-24-26-28-30-32-34-41(45)43-36-37-50-52(47,48)51-39-40(44)38-49-42(46)35-33-31-29-27-25-16-14-12-10-8-6-4-2/h5,7,11-14,17-18,20-21,23-24,40,44H,3-4,6,8-10,15-16,19,22,25-39H2,1-2H3,(H,43,45)(H,47,48)/b7-5-,13-11-,14-12-,18-17-,21-20-,24-23-. The average Bonchev–Trinajstić information content (AvgIpc) is 3.13. The first-order chi connectivity index (χ1) is 25.3. The van der Waals surface area contributed by atoms with Gasteiger partial charge in [-0.2, -0.15) is 0 Å². The highest BCUT2D eigenvalue weighted by atomic mass is 31.2. The largest absolute Gasteiger partial charge is 0.472 e. The van der Waals surface area contributed by atoms with Gasteiger partial charge in [0, 0.05) is 19.4 Å². The maximum absolute atomic E-state index is 12.1. The van der Waals surface area contributed by atoms with Crippen LogP contribution in [0.4, 0.5) is 0 Å². The van der Waals surface area contributed by atoms with Gasteiger partial charge in [0.25, 0.3) is 0 Å². The van der Waals surface area contributed by atoms with Crippen LogP contribution in [0.2, 0.25) is 0 Å². The molecule has 52 heavy (non-hydrogen) atoms. The van der Waals surface area contributed by atoms with Crippen molar-refractivity contribution >= 4 is 19.7 Å². The van der Waals surface area contributed by atoms with E-state index in [4.69, 9.17) is 13.8 Å². The highest BCUT2D eigenvalue weighted by Crippen LogP contribution is 2.42. The lowest BCUT2D eigenvalue weighted by Gasteiger charge is -2.15. The number of allylic oxidation sites excluding steroid dienone is 12. The smallest absolute Gasteiger partial charge is 0.463 e. The Morgan fingerprint density at radius 2 is 1.10 bits per heavy atom. The minimum absolute atomic E-state index is 0.0586. The summed E-state index contributed by atoms with van der Waals surface area (Å²) in [4.78, 5) is 33.8. The number of hydrogen-bond donors (Lipinski definition) is 3. The number of carbonyl (C=O) groups excluding carboxylic acids is 2. The van der Waals surface area contributed by atoms with Crippen molar-refractivity contribution in [3.8, 4) is 0 Å². The lowest BCUT2D eigenvalue weighted by atomic mass is 10.1. The number of phosphoric ester groups is 1. The van der Waals surface area contributed by atoms with E-state index in [1.807, 2.05) is 0 Å². The van der Waals surface area contributed by atoms with E-state index in [0.717, 1.165) is 96.3 Å². The van der Waals surface area contributed by atoms with Crippen molar-refractivity contribution in [2.45, 2.75) is 155 Å². The van der Waals surface area contributed by atoms with E-state index in [1.165, 1.54) is 25.7 Å². The lowest BCUT2D eigenvalue weighted by Crippen LogP contribution is -2.27. The van der Waals surface area contributed by atoms with Gasteiger partial charge in [0.05, 0.1) is 13.2 Å². The third kappa shape index (κ3) is 38.7. The van der Waals surface area contributed by atoms with Crippen LogP contribution in [-0.4, -0.2) is 54.3 Å². The number of aliphatic hydroxyl groups is 1. The van der Waals surface area contributed by atoms with E-state index in [9.17, 15) is 24.2 Å². The number of rotatable bonds is 36. The number of aliphatic hydroxyl groups excluding tert-OH is 1. The molecule has 0 aromatic carbocycles. The summed E-state index contributed by atoms with van der Waals surface area (Å²) in [5.41, 5.74) is 0. The summed E-state index contributed by atoms with van der Waals surface area (Å²) in [7, 11) is -4.43. The fourth-order valence-corrected chi connectivity index (χ4v) is 5.63. The number of unbranched alkanes of at least 4 members (excludes halogenated alkanes) is 11. The van der Waals surface area contributed by atoms with Gasteiger partial charge in [-0.15, -0.1) is 0 Å². The lowest BCUT2D eigenvalue weighted by molar-refractivity contribution is -0.147. The summed E-state index contributed by atoms with van der Waals surface area (Å²) < 4.78 is 26.8. The molecule has 2 unspecified atom stereocenters. The van der Waals surface area contributed by atoms with Crippen LogP contribution in [0, 0.1) is 0 Å². The van der Waals surface area contributed by atoms with E-state index in [1.54, 1.807) is 0 Å². The molecule has 1 amide bonds. The molecule has 0 aromatic rings. The molecular formula is C42H72NO8P. The first-order valence-electron chi connectivity index (χ1n) is 19.9. The van der Waals surface area contributed by atoms with Gasteiger partial charge in [-0.25, -0.2) is 4.57 Å². The Bertz CT molecular complexity index is 1080.